The Labute approximate surface area is 111 Å². The van der Waals surface area contributed by atoms with Crippen LogP contribution in [0.1, 0.15) is 18.8 Å². The summed E-state index contributed by atoms with van der Waals surface area (Å²) in [5, 5.41) is 7.59. The second kappa shape index (κ2) is 4.98. The number of nitrogens with zero attached hydrogens (tertiary/aromatic N) is 3. The topological polar surface area (TPSA) is 103 Å². The van der Waals surface area contributed by atoms with Gasteiger partial charge < -0.3 is 10.3 Å². The number of sulfonamides is 1. The highest BCUT2D eigenvalue weighted by Crippen LogP contribution is 2.15. The zero-order valence-electron chi connectivity index (χ0n) is 10.6. The summed E-state index contributed by atoms with van der Waals surface area (Å²) in [7, 11) is -1.85. The smallest absolute Gasteiger partial charge is 0.241 e. The van der Waals surface area contributed by atoms with Crippen LogP contribution in [-0.2, 0) is 17.1 Å². The van der Waals surface area contributed by atoms with Gasteiger partial charge in [-0.15, -0.1) is 10.2 Å². The van der Waals surface area contributed by atoms with E-state index in [0.29, 0.717) is 11.5 Å². The minimum absolute atomic E-state index is 0.163. The Morgan fingerprint density at radius 2 is 1.95 bits per heavy atom. The van der Waals surface area contributed by atoms with Crippen LogP contribution in [0.3, 0.4) is 0 Å². The van der Waals surface area contributed by atoms with Crippen molar-refractivity contribution in [2.75, 3.05) is 5.73 Å². The zero-order chi connectivity index (χ0) is 14.0. The summed E-state index contributed by atoms with van der Waals surface area (Å²) in [4.78, 5) is 0.163. The molecule has 1 unspecified atom stereocenters. The Kier molecular flexibility index (Phi) is 3.54. The van der Waals surface area contributed by atoms with E-state index in [-0.39, 0.29) is 4.90 Å². The van der Waals surface area contributed by atoms with Gasteiger partial charge in [-0.2, -0.15) is 0 Å². The van der Waals surface area contributed by atoms with E-state index in [2.05, 4.69) is 14.9 Å². The SMILES string of the molecule is CC(NS(=O)(=O)c1ccc(N)cc1)c1nncn1C. The monoisotopic (exact) mass is 281 g/mol. The van der Waals surface area contributed by atoms with Gasteiger partial charge in [-0.05, 0) is 31.2 Å². The highest BCUT2D eigenvalue weighted by Gasteiger charge is 2.20. The van der Waals surface area contributed by atoms with Crippen molar-refractivity contribution in [3.8, 4) is 0 Å². The fourth-order valence-electron chi connectivity index (χ4n) is 1.68. The van der Waals surface area contributed by atoms with Gasteiger partial charge in [0.2, 0.25) is 10.0 Å². The molecular formula is C11H15N5O2S. The number of hydrogen-bond acceptors (Lipinski definition) is 5. The van der Waals surface area contributed by atoms with Crippen LogP contribution in [0.4, 0.5) is 5.69 Å². The van der Waals surface area contributed by atoms with E-state index in [9.17, 15) is 8.42 Å². The van der Waals surface area contributed by atoms with E-state index in [1.54, 1.807) is 30.7 Å². The molecule has 3 N–H and O–H groups in total. The normalized spacial score (nSPS) is 13.4. The first-order valence-electron chi connectivity index (χ1n) is 5.62. The molecule has 1 aromatic heterocycles. The molecule has 0 aliphatic rings. The summed E-state index contributed by atoms with van der Waals surface area (Å²) in [5.41, 5.74) is 6.05. The van der Waals surface area contributed by atoms with Crippen LogP contribution in [0.2, 0.25) is 0 Å². The van der Waals surface area contributed by atoms with E-state index in [1.807, 2.05) is 0 Å². The second-order valence-electron chi connectivity index (χ2n) is 4.21. The molecule has 0 saturated heterocycles. The molecule has 0 spiro atoms. The molecule has 0 aliphatic heterocycles. The number of nitrogens with one attached hydrogen (secondary N) is 1. The molecule has 0 bridgehead atoms. The van der Waals surface area contributed by atoms with E-state index in [1.165, 1.54) is 18.5 Å². The summed E-state index contributed by atoms with van der Waals surface area (Å²) in [5.74, 6) is 0.541. The standard InChI is InChI=1S/C11H15N5O2S/c1-8(11-14-13-7-16(11)2)15-19(17,18)10-5-3-9(12)4-6-10/h3-8,15H,12H2,1-2H3. The first-order valence-corrected chi connectivity index (χ1v) is 7.10. The van der Waals surface area contributed by atoms with Crippen molar-refractivity contribution in [1.29, 1.82) is 0 Å². The van der Waals surface area contributed by atoms with Crippen LogP contribution in [0.25, 0.3) is 0 Å². The largest absolute Gasteiger partial charge is 0.399 e. The summed E-state index contributed by atoms with van der Waals surface area (Å²) in [6.45, 7) is 1.71. The molecule has 0 amide bonds. The van der Waals surface area contributed by atoms with Crippen molar-refractivity contribution >= 4 is 15.7 Å². The molecule has 7 nitrogen and oxygen atoms in total. The molecule has 0 radical (unpaired) electrons. The lowest BCUT2D eigenvalue weighted by atomic mass is 10.3. The molecule has 102 valence electrons. The molecule has 2 rings (SSSR count). The number of aryl methyl sites for hydroxylation is 1. The van der Waals surface area contributed by atoms with Crippen LogP contribution in [0.15, 0.2) is 35.5 Å². The van der Waals surface area contributed by atoms with Crippen molar-refractivity contribution < 1.29 is 8.42 Å². The third-order valence-corrected chi connectivity index (χ3v) is 4.21. The van der Waals surface area contributed by atoms with Crippen LogP contribution in [0, 0.1) is 0 Å². The first kappa shape index (κ1) is 13.5. The van der Waals surface area contributed by atoms with E-state index < -0.39 is 16.1 Å². The molecule has 0 fully saturated rings. The minimum Gasteiger partial charge on any atom is -0.399 e. The number of nitrogen functional groups attached to an aromatic ring is 1. The Bertz CT molecular complexity index is 663. The van der Waals surface area contributed by atoms with Gasteiger partial charge in [0.15, 0.2) is 0 Å². The fourth-order valence-corrected chi connectivity index (χ4v) is 2.89. The lowest BCUT2D eigenvalue weighted by molar-refractivity contribution is 0.553. The van der Waals surface area contributed by atoms with Crippen LogP contribution < -0.4 is 10.5 Å². The molecule has 0 aliphatic carbocycles. The predicted molar refractivity (Wildman–Crippen MR) is 70.6 cm³/mol. The van der Waals surface area contributed by atoms with E-state index in [0.717, 1.165) is 0 Å². The van der Waals surface area contributed by atoms with Gasteiger partial charge in [0.05, 0.1) is 10.9 Å². The molecule has 19 heavy (non-hydrogen) atoms. The van der Waals surface area contributed by atoms with Gasteiger partial charge >= 0.3 is 0 Å². The van der Waals surface area contributed by atoms with Crippen LogP contribution >= 0.6 is 0 Å². The molecule has 1 atom stereocenters. The summed E-state index contributed by atoms with van der Waals surface area (Å²) < 4.78 is 28.5. The third-order valence-electron chi connectivity index (χ3n) is 2.66. The molecule has 0 saturated carbocycles. The average Bonchev–Trinajstić information content (AvgIpc) is 2.75. The number of nitrogens with two attached hydrogens (primary N) is 1. The van der Waals surface area contributed by atoms with Crippen molar-refractivity contribution in [1.82, 2.24) is 19.5 Å². The quantitative estimate of drug-likeness (QED) is 0.791. The summed E-state index contributed by atoms with van der Waals surface area (Å²) >= 11 is 0. The molecule has 1 aromatic carbocycles. The molecular weight excluding hydrogens is 266 g/mol. The van der Waals surface area contributed by atoms with Crippen LogP contribution in [-0.4, -0.2) is 23.2 Å². The Morgan fingerprint density at radius 3 is 2.47 bits per heavy atom. The first-order chi connectivity index (χ1) is 8.90. The molecule has 2 aromatic rings. The number of anilines is 1. The highest BCUT2D eigenvalue weighted by atomic mass is 32.2. The minimum atomic E-state index is -3.61. The van der Waals surface area contributed by atoms with Gasteiger partial charge in [0.1, 0.15) is 12.2 Å². The van der Waals surface area contributed by atoms with Gasteiger partial charge in [0.25, 0.3) is 0 Å². The van der Waals surface area contributed by atoms with Gasteiger partial charge in [0, 0.05) is 12.7 Å². The number of benzene rings is 1. The third kappa shape index (κ3) is 2.91. The van der Waals surface area contributed by atoms with E-state index >= 15 is 0 Å². The fraction of sp³-hybridized carbons (Fsp3) is 0.273. The van der Waals surface area contributed by atoms with Crippen molar-refractivity contribution in [3.05, 3.63) is 36.4 Å². The number of aromatic nitrogens is 3. The maximum Gasteiger partial charge on any atom is 0.241 e. The molecule has 1 heterocycles. The molecule has 8 heteroatoms. The van der Waals surface area contributed by atoms with E-state index in [4.69, 9.17) is 5.73 Å². The van der Waals surface area contributed by atoms with Gasteiger partial charge in [-0.1, -0.05) is 0 Å². The second-order valence-corrected chi connectivity index (χ2v) is 5.93. The average molecular weight is 281 g/mol. The maximum absolute atomic E-state index is 12.2. The predicted octanol–water partition coefficient (Wildman–Crippen LogP) is 0.437. The maximum atomic E-state index is 12.2. The summed E-state index contributed by atoms with van der Waals surface area (Å²) in [6.07, 6.45) is 1.52. The Morgan fingerprint density at radius 1 is 1.32 bits per heavy atom. The Balaban J connectivity index is 2.22. The van der Waals surface area contributed by atoms with Crippen molar-refractivity contribution in [2.45, 2.75) is 17.9 Å². The number of hydrogen-bond donors (Lipinski definition) is 2. The summed E-state index contributed by atoms with van der Waals surface area (Å²) in [6, 6.07) is 5.53. The lowest BCUT2D eigenvalue weighted by Gasteiger charge is -2.13. The van der Waals surface area contributed by atoms with Gasteiger partial charge in [-0.3, -0.25) is 0 Å². The van der Waals surface area contributed by atoms with Gasteiger partial charge in [-0.25, -0.2) is 13.1 Å². The van der Waals surface area contributed by atoms with Crippen LogP contribution in [0.5, 0.6) is 0 Å². The zero-order valence-corrected chi connectivity index (χ0v) is 11.4. The highest BCUT2D eigenvalue weighted by molar-refractivity contribution is 7.89. The number of rotatable bonds is 4. The Hall–Kier alpha value is -1.93. The van der Waals surface area contributed by atoms with Crippen molar-refractivity contribution in [2.24, 2.45) is 7.05 Å². The lowest BCUT2D eigenvalue weighted by Crippen LogP contribution is -2.28. The van der Waals surface area contributed by atoms with Crippen molar-refractivity contribution in [3.63, 3.8) is 0 Å².